The van der Waals surface area contributed by atoms with Gasteiger partial charge in [-0.15, -0.1) is 11.8 Å². The molecule has 0 saturated heterocycles. The summed E-state index contributed by atoms with van der Waals surface area (Å²) >= 11 is 1.75. The van der Waals surface area contributed by atoms with Crippen LogP contribution in [0.1, 0.15) is 20.8 Å². The third-order valence-corrected chi connectivity index (χ3v) is 3.77. The summed E-state index contributed by atoms with van der Waals surface area (Å²) in [5.41, 5.74) is 0. The van der Waals surface area contributed by atoms with Gasteiger partial charge in [-0.1, -0.05) is 32.0 Å². The molecule has 3 nitrogen and oxygen atoms in total. The Morgan fingerprint density at radius 1 is 1.22 bits per heavy atom. The molecule has 1 rings (SSSR count). The number of nitrogens with one attached hydrogen (secondary N) is 2. The molecule has 0 spiro atoms. The highest BCUT2D eigenvalue weighted by atomic mass is 32.2. The summed E-state index contributed by atoms with van der Waals surface area (Å²) in [7, 11) is 0. The van der Waals surface area contributed by atoms with Crippen molar-refractivity contribution in [3.05, 3.63) is 30.3 Å². The van der Waals surface area contributed by atoms with Crippen LogP contribution in [0, 0.1) is 5.92 Å². The molecule has 1 atom stereocenters. The number of amides is 2. The van der Waals surface area contributed by atoms with E-state index in [1.54, 1.807) is 11.8 Å². The van der Waals surface area contributed by atoms with E-state index in [1.807, 2.05) is 25.1 Å². The van der Waals surface area contributed by atoms with Crippen molar-refractivity contribution in [2.45, 2.75) is 31.7 Å². The molecule has 18 heavy (non-hydrogen) atoms. The highest BCUT2D eigenvalue weighted by molar-refractivity contribution is 7.99. The zero-order valence-electron chi connectivity index (χ0n) is 11.3. The van der Waals surface area contributed by atoms with Crippen LogP contribution >= 0.6 is 11.8 Å². The van der Waals surface area contributed by atoms with Gasteiger partial charge in [-0.25, -0.2) is 4.79 Å². The van der Waals surface area contributed by atoms with Crippen LogP contribution in [0.15, 0.2) is 35.2 Å². The van der Waals surface area contributed by atoms with Crippen LogP contribution in [0.3, 0.4) is 0 Å². The first-order valence-corrected chi connectivity index (χ1v) is 7.30. The Labute approximate surface area is 114 Å². The molecule has 0 bridgehead atoms. The first-order chi connectivity index (χ1) is 8.59. The zero-order valence-corrected chi connectivity index (χ0v) is 12.1. The molecule has 0 aliphatic rings. The molecule has 0 aromatic heterocycles. The van der Waals surface area contributed by atoms with E-state index >= 15 is 0 Å². The fourth-order valence-corrected chi connectivity index (χ4v) is 2.06. The number of benzene rings is 1. The van der Waals surface area contributed by atoms with E-state index in [0.29, 0.717) is 12.5 Å². The lowest BCUT2D eigenvalue weighted by Crippen LogP contribution is -2.43. The highest BCUT2D eigenvalue weighted by Crippen LogP contribution is 2.15. The Morgan fingerprint density at radius 3 is 2.50 bits per heavy atom. The Bertz CT molecular complexity index is 354. The van der Waals surface area contributed by atoms with Gasteiger partial charge in [0.25, 0.3) is 0 Å². The van der Waals surface area contributed by atoms with Crippen molar-refractivity contribution in [2.24, 2.45) is 5.92 Å². The van der Waals surface area contributed by atoms with Crippen molar-refractivity contribution in [1.82, 2.24) is 10.6 Å². The molecule has 0 fully saturated rings. The van der Waals surface area contributed by atoms with Crippen LogP contribution in [0.2, 0.25) is 0 Å². The van der Waals surface area contributed by atoms with Crippen LogP contribution < -0.4 is 10.6 Å². The second-order valence-electron chi connectivity index (χ2n) is 4.59. The minimum Gasteiger partial charge on any atom is -0.337 e. The first-order valence-electron chi connectivity index (χ1n) is 6.32. The predicted octanol–water partition coefficient (Wildman–Crippen LogP) is 3.12. The second kappa shape index (κ2) is 8.03. The fourth-order valence-electron chi connectivity index (χ4n) is 1.27. The maximum absolute atomic E-state index is 11.5. The zero-order chi connectivity index (χ0) is 13.4. The lowest BCUT2D eigenvalue weighted by atomic mass is 10.1. The van der Waals surface area contributed by atoms with E-state index in [9.17, 15) is 4.79 Å². The molecule has 0 saturated carbocycles. The van der Waals surface area contributed by atoms with Crippen LogP contribution in [0.4, 0.5) is 4.79 Å². The number of carbonyl (C=O) groups excluding carboxylic acids is 1. The van der Waals surface area contributed by atoms with Crippen LogP contribution in [0.25, 0.3) is 0 Å². The third kappa shape index (κ3) is 5.96. The average molecular weight is 266 g/mol. The van der Waals surface area contributed by atoms with E-state index in [0.717, 1.165) is 5.75 Å². The van der Waals surface area contributed by atoms with Gasteiger partial charge < -0.3 is 10.6 Å². The Kier molecular flexibility index (Phi) is 6.65. The SMILES string of the molecule is CC(C)C(C)NC(=O)NCCSc1ccccc1. The largest absolute Gasteiger partial charge is 0.337 e. The summed E-state index contributed by atoms with van der Waals surface area (Å²) in [6, 6.07) is 10.3. The quantitative estimate of drug-likeness (QED) is 0.613. The number of thioether (sulfide) groups is 1. The Balaban J connectivity index is 2.13. The standard InChI is InChI=1S/C14H22N2OS/c1-11(2)12(3)16-14(17)15-9-10-18-13-7-5-4-6-8-13/h4-8,11-12H,9-10H2,1-3H3,(H2,15,16,17). The predicted molar refractivity (Wildman–Crippen MR) is 78.0 cm³/mol. The van der Waals surface area contributed by atoms with Gasteiger partial charge in [-0.2, -0.15) is 0 Å². The number of hydrogen-bond acceptors (Lipinski definition) is 2. The summed E-state index contributed by atoms with van der Waals surface area (Å²) in [4.78, 5) is 12.8. The first kappa shape index (κ1) is 14.9. The van der Waals surface area contributed by atoms with Crippen molar-refractivity contribution in [3.63, 3.8) is 0 Å². The molecule has 100 valence electrons. The van der Waals surface area contributed by atoms with Crippen molar-refractivity contribution in [3.8, 4) is 0 Å². The lowest BCUT2D eigenvalue weighted by molar-refractivity contribution is 0.235. The molecule has 1 aromatic rings. The normalized spacial score (nSPS) is 12.2. The molecular weight excluding hydrogens is 244 g/mol. The number of urea groups is 1. The lowest BCUT2D eigenvalue weighted by Gasteiger charge is -2.17. The number of carbonyl (C=O) groups is 1. The van der Waals surface area contributed by atoms with Crippen LogP contribution in [-0.4, -0.2) is 24.4 Å². The van der Waals surface area contributed by atoms with Gasteiger partial charge in [0.1, 0.15) is 0 Å². The molecule has 4 heteroatoms. The maximum Gasteiger partial charge on any atom is 0.315 e. The molecule has 0 heterocycles. The highest BCUT2D eigenvalue weighted by Gasteiger charge is 2.09. The molecule has 0 radical (unpaired) electrons. The average Bonchev–Trinajstić information content (AvgIpc) is 2.35. The van der Waals surface area contributed by atoms with E-state index in [-0.39, 0.29) is 12.1 Å². The molecule has 1 unspecified atom stereocenters. The van der Waals surface area contributed by atoms with Crippen molar-refractivity contribution in [1.29, 1.82) is 0 Å². The molecule has 2 N–H and O–H groups in total. The Hall–Kier alpha value is -1.16. The van der Waals surface area contributed by atoms with Gasteiger partial charge in [0, 0.05) is 23.2 Å². The minimum absolute atomic E-state index is 0.0788. The topological polar surface area (TPSA) is 41.1 Å². The second-order valence-corrected chi connectivity index (χ2v) is 5.76. The van der Waals surface area contributed by atoms with E-state index in [2.05, 4.69) is 36.6 Å². The van der Waals surface area contributed by atoms with E-state index in [1.165, 1.54) is 4.90 Å². The molecule has 2 amide bonds. The summed E-state index contributed by atoms with van der Waals surface area (Å²) in [5.74, 6) is 1.34. The van der Waals surface area contributed by atoms with Gasteiger partial charge in [0.15, 0.2) is 0 Å². The monoisotopic (exact) mass is 266 g/mol. The van der Waals surface area contributed by atoms with Gasteiger partial charge >= 0.3 is 6.03 Å². The number of hydrogen-bond donors (Lipinski definition) is 2. The van der Waals surface area contributed by atoms with Gasteiger partial charge in [-0.3, -0.25) is 0 Å². The van der Waals surface area contributed by atoms with Crippen molar-refractivity contribution >= 4 is 17.8 Å². The molecular formula is C14H22N2OS. The summed E-state index contributed by atoms with van der Waals surface area (Å²) in [6.45, 7) is 6.88. The summed E-state index contributed by atoms with van der Waals surface area (Å²) in [5, 5.41) is 5.79. The van der Waals surface area contributed by atoms with E-state index < -0.39 is 0 Å². The van der Waals surface area contributed by atoms with Gasteiger partial charge in [-0.05, 0) is 25.0 Å². The van der Waals surface area contributed by atoms with Gasteiger partial charge in [0.2, 0.25) is 0 Å². The molecule has 1 aromatic carbocycles. The third-order valence-electron chi connectivity index (χ3n) is 2.76. The Morgan fingerprint density at radius 2 is 1.89 bits per heavy atom. The fraction of sp³-hybridized carbons (Fsp3) is 0.500. The maximum atomic E-state index is 11.5. The molecule has 0 aliphatic heterocycles. The van der Waals surface area contributed by atoms with Gasteiger partial charge in [0.05, 0.1) is 0 Å². The smallest absolute Gasteiger partial charge is 0.315 e. The van der Waals surface area contributed by atoms with Crippen molar-refractivity contribution < 1.29 is 4.79 Å². The molecule has 0 aliphatic carbocycles. The summed E-state index contributed by atoms with van der Waals surface area (Å²) < 4.78 is 0. The van der Waals surface area contributed by atoms with Crippen LogP contribution in [-0.2, 0) is 0 Å². The van der Waals surface area contributed by atoms with E-state index in [4.69, 9.17) is 0 Å². The summed E-state index contributed by atoms with van der Waals surface area (Å²) in [6.07, 6.45) is 0. The number of rotatable bonds is 6. The van der Waals surface area contributed by atoms with Crippen LogP contribution in [0.5, 0.6) is 0 Å². The minimum atomic E-state index is -0.0788. The van der Waals surface area contributed by atoms with Crippen molar-refractivity contribution in [2.75, 3.05) is 12.3 Å².